The second-order valence-corrected chi connectivity index (χ2v) is 7.45. The molecule has 1 fully saturated rings. The quantitative estimate of drug-likeness (QED) is 0.744. The average molecular weight is 369 g/mol. The Morgan fingerprint density at radius 3 is 2.46 bits per heavy atom. The van der Waals surface area contributed by atoms with Crippen molar-refractivity contribution >= 4 is 35.1 Å². The van der Waals surface area contributed by atoms with Crippen LogP contribution in [0.15, 0.2) is 53.6 Å². The minimum atomic E-state index is -0.0941. The molecule has 136 valence electrons. The van der Waals surface area contributed by atoms with E-state index in [1.54, 1.807) is 18.3 Å². The molecule has 0 spiro atoms. The molecule has 6 heteroatoms. The van der Waals surface area contributed by atoms with E-state index < -0.39 is 0 Å². The Morgan fingerprint density at radius 2 is 1.77 bits per heavy atom. The highest BCUT2D eigenvalue weighted by Gasteiger charge is 2.20. The number of thioether (sulfide) groups is 1. The summed E-state index contributed by atoms with van der Waals surface area (Å²) in [5.41, 5.74) is 0.808. The highest BCUT2D eigenvalue weighted by molar-refractivity contribution is 8.00. The van der Waals surface area contributed by atoms with Crippen molar-refractivity contribution in [2.75, 3.05) is 16.4 Å². The van der Waals surface area contributed by atoms with Crippen LogP contribution in [0.1, 0.15) is 32.1 Å². The first-order valence-corrected chi connectivity index (χ1v) is 9.94. The van der Waals surface area contributed by atoms with Gasteiger partial charge in [-0.2, -0.15) is 0 Å². The Hall–Kier alpha value is -2.34. The van der Waals surface area contributed by atoms with Crippen LogP contribution in [0.25, 0.3) is 0 Å². The first-order valence-electron chi connectivity index (χ1n) is 8.95. The van der Waals surface area contributed by atoms with E-state index in [9.17, 15) is 9.59 Å². The van der Waals surface area contributed by atoms with E-state index in [-0.39, 0.29) is 17.7 Å². The zero-order valence-corrected chi connectivity index (χ0v) is 15.4. The number of carbonyl (C=O) groups is 2. The Kier molecular flexibility index (Phi) is 6.66. The Labute approximate surface area is 158 Å². The van der Waals surface area contributed by atoms with E-state index in [1.165, 1.54) is 18.2 Å². The number of hydrogen-bond acceptors (Lipinski definition) is 4. The molecule has 0 bridgehead atoms. The first kappa shape index (κ1) is 18.5. The van der Waals surface area contributed by atoms with Crippen molar-refractivity contribution < 1.29 is 9.59 Å². The summed E-state index contributed by atoms with van der Waals surface area (Å²) in [6.45, 7) is 0. The van der Waals surface area contributed by atoms with Gasteiger partial charge in [-0.25, -0.2) is 4.98 Å². The summed E-state index contributed by atoms with van der Waals surface area (Å²) in [6, 6.07) is 13.0. The molecule has 2 aromatic rings. The lowest BCUT2D eigenvalue weighted by Gasteiger charge is -2.20. The lowest BCUT2D eigenvalue weighted by atomic mass is 9.88. The third-order valence-corrected chi connectivity index (χ3v) is 5.41. The van der Waals surface area contributed by atoms with Crippen molar-refractivity contribution in [3.05, 3.63) is 48.7 Å². The summed E-state index contributed by atoms with van der Waals surface area (Å²) < 4.78 is 0. The highest BCUT2D eigenvalue weighted by atomic mass is 32.2. The number of hydrogen-bond donors (Lipinski definition) is 2. The molecule has 26 heavy (non-hydrogen) atoms. The molecule has 1 aromatic heterocycles. The molecular formula is C20H23N3O2S. The normalized spacial score (nSPS) is 14.6. The standard InChI is InChI=1S/C20H23N3O2S/c24-19(23-18-8-4-5-13-21-18)14-26-17-11-9-16(10-12-17)22-20(25)15-6-2-1-3-7-15/h4-5,8-13,15H,1-3,6-7,14H2,(H,22,25)(H,21,23,24). The second-order valence-electron chi connectivity index (χ2n) is 6.40. The predicted octanol–water partition coefficient (Wildman–Crippen LogP) is 4.33. The molecule has 0 aliphatic heterocycles. The number of nitrogens with one attached hydrogen (secondary N) is 2. The zero-order valence-electron chi connectivity index (χ0n) is 14.6. The van der Waals surface area contributed by atoms with Crippen LogP contribution in [0, 0.1) is 5.92 Å². The molecular weight excluding hydrogens is 346 g/mol. The number of benzene rings is 1. The monoisotopic (exact) mass is 369 g/mol. The summed E-state index contributed by atoms with van der Waals surface area (Å²) in [5, 5.41) is 5.76. The summed E-state index contributed by atoms with van der Waals surface area (Å²) in [4.78, 5) is 29.3. The second kappa shape index (κ2) is 9.38. The maximum atomic E-state index is 12.3. The van der Waals surface area contributed by atoms with Crippen LogP contribution in [-0.2, 0) is 9.59 Å². The van der Waals surface area contributed by atoms with Gasteiger partial charge in [-0.3, -0.25) is 9.59 Å². The van der Waals surface area contributed by atoms with E-state index in [4.69, 9.17) is 0 Å². The molecule has 2 N–H and O–H groups in total. The first-order chi connectivity index (χ1) is 12.7. The van der Waals surface area contributed by atoms with Crippen LogP contribution >= 0.6 is 11.8 Å². The summed E-state index contributed by atoms with van der Waals surface area (Å²) in [6.07, 6.45) is 7.16. The topological polar surface area (TPSA) is 71.1 Å². The molecule has 0 radical (unpaired) electrons. The van der Waals surface area contributed by atoms with Gasteiger partial charge in [0.1, 0.15) is 5.82 Å². The fourth-order valence-corrected chi connectivity index (χ4v) is 3.71. The maximum absolute atomic E-state index is 12.3. The smallest absolute Gasteiger partial charge is 0.235 e. The number of aromatic nitrogens is 1. The summed E-state index contributed by atoms with van der Waals surface area (Å²) in [5.74, 6) is 1.04. The van der Waals surface area contributed by atoms with Gasteiger partial charge in [0.05, 0.1) is 5.75 Å². The van der Waals surface area contributed by atoms with Crippen molar-refractivity contribution in [1.29, 1.82) is 0 Å². The number of pyridine rings is 1. The van der Waals surface area contributed by atoms with Crippen LogP contribution in [0.3, 0.4) is 0 Å². The summed E-state index contributed by atoms with van der Waals surface area (Å²) >= 11 is 1.45. The summed E-state index contributed by atoms with van der Waals surface area (Å²) in [7, 11) is 0. The van der Waals surface area contributed by atoms with Crippen LogP contribution < -0.4 is 10.6 Å². The molecule has 2 amide bonds. The zero-order chi connectivity index (χ0) is 18.2. The van der Waals surface area contributed by atoms with Gasteiger partial charge in [0.25, 0.3) is 0 Å². The van der Waals surface area contributed by atoms with E-state index in [0.29, 0.717) is 11.6 Å². The number of anilines is 2. The number of rotatable bonds is 6. The molecule has 1 heterocycles. The molecule has 3 rings (SSSR count). The Balaban J connectivity index is 1.45. The third-order valence-electron chi connectivity index (χ3n) is 4.40. The van der Waals surface area contributed by atoms with Gasteiger partial charge in [0, 0.05) is 22.7 Å². The fourth-order valence-electron chi connectivity index (χ4n) is 3.01. The van der Waals surface area contributed by atoms with Crippen LogP contribution in [0.2, 0.25) is 0 Å². The van der Waals surface area contributed by atoms with Crippen molar-refractivity contribution in [1.82, 2.24) is 4.98 Å². The number of carbonyl (C=O) groups excluding carboxylic acids is 2. The lowest BCUT2D eigenvalue weighted by molar-refractivity contribution is -0.120. The maximum Gasteiger partial charge on any atom is 0.235 e. The van der Waals surface area contributed by atoms with Gasteiger partial charge >= 0.3 is 0 Å². The largest absolute Gasteiger partial charge is 0.326 e. The molecule has 1 aliphatic rings. The molecule has 0 unspecified atom stereocenters. The van der Waals surface area contributed by atoms with E-state index in [1.807, 2.05) is 30.3 Å². The van der Waals surface area contributed by atoms with Crippen molar-refractivity contribution in [3.63, 3.8) is 0 Å². The molecule has 0 saturated heterocycles. The van der Waals surface area contributed by atoms with E-state index in [2.05, 4.69) is 15.6 Å². The fraction of sp³-hybridized carbons (Fsp3) is 0.350. The van der Waals surface area contributed by atoms with Gasteiger partial charge in [-0.15, -0.1) is 11.8 Å². The average Bonchev–Trinajstić information content (AvgIpc) is 2.69. The molecule has 1 aromatic carbocycles. The Morgan fingerprint density at radius 1 is 1.00 bits per heavy atom. The van der Waals surface area contributed by atoms with Crippen molar-refractivity contribution in [2.45, 2.75) is 37.0 Å². The molecule has 1 saturated carbocycles. The van der Waals surface area contributed by atoms with Gasteiger partial charge in [-0.05, 0) is 49.2 Å². The minimum absolute atomic E-state index is 0.0941. The van der Waals surface area contributed by atoms with Gasteiger partial charge in [0.2, 0.25) is 11.8 Å². The minimum Gasteiger partial charge on any atom is -0.326 e. The SMILES string of the molecule is O=C(CSc1ccc(NC(=O)C2CCCCC2)cc1)Nc1ccccn1. The molecule has 5 nitrogen and oxygen atoms in total. The highest BCUT2D eigenvalue weighted by Crippen LogP contribution is 2.26. The number of nitrogens with zero attached hydrogens (tertiary/aromatic N) is 1. The molecule has 1 aliphatic carbocycles. The number of amides is 2. The van der Waals surface area contributed by atoms with Crippen LogP contribution in [0.5, 0.6) is 0 Å². The third kappa shape index (κ3) is 5.59. The van der Waals surface area contributed by atoms with Crippen LogP contribution in [0.4, 0.5) is 11.5 Å². The molecule has 0 atom stereocenters. The van der Waals surface area contributed by atoms with E-state index >= 15 is 0 Å². The predicted molar refractivity (Wildman–Crippen MR) is 105 cm³/mol. The van der Waals surface area contributed by atoms with Crippen LogP contribution in [-0.4, -0.2) is 22.6 Å². The van der Waals surface area contributed by atoms with Gasteiger partial charge < -0.3 is 10.6 Å². The lowest BCUT2D eigenvalue weighted by Crippen LogP contribution is -2.24. The van der Waals surface area contributed by atoms with Gasteiger partial charge in [0.15, 0.2) is 0 Å². The van der Waals surface area contributed by atoms with Crippen molar-refractivity contribution in [3.8, 4) is 0 Å². The van der Waals surface area contributed by atoms with Crippen molar-refractivity contribution in [2.24, 2.45) is 5.92 Å². The van der Waals surface area contributed by atoms with Gasteiger partial charge in [-0.1, -0.05) is 25.3 Å². The van der Waals surface area contributed by atoms with E-state index in [0.717, 1.165) is 36.3 Å². The Bertz CT molecular complexity index is 728.